The van der Waals surface area contributed by atoms with Crippen molar-refractivity contribution in [3.05, 3.63) is 95.6 Å². The molecule has 0 aliphatic heterocycles. The molecule has 3 nitrogen and oxygen atoms in total. The summed E-state index contributed by atoms with van der Waals surface area (Å²) in [6.45, 7) is 4.79. The number of rotatable bonds is 7. The number of carbonyl (C=O) groups excluding carboxylic acids is 1. The molecule has 0 heterocycles. The number of esters is 1. The predicted molar refractivity (Wildman–Crippen MR) is 107 cm³/mol. The van der Waals surface area contributed by atoms with Crippen LogP contribution in [-0.4, -0.2) is 5.97 Å². The second-order valence-corrected chi connectivity index (χ2v) is 6.90. The van der Waals surface area contributed by atoms with E-state index in [0.29, 0.717) is 23.8 Å². The lowest BCUT2D eigenvalue weighted by atomic mass is 10.0. The molecule has 0 aromatic heterocycles. The second kappa shape index (κ2) is 9.04. The lowest BCUT2D eigenvalue weighted by Gasteiger charge is -2.13. The first-order chi connectivity index (χ1) is 13.1. The molecule has 0 radical (unpaired) electrons. The van der Waals surface area contributed by atoms with Crippen LogP contribution in [0.4, 0.5) is 0 Å². The average molecular weight is 360 g/mol. The van der Waals surface area contributed by atoms with Gasteiger partial charge in [-0.15, -0.1) is 0 Å². The fraction of sp³-hybridized carbons (Fsp3) is 0.208. The van der Waals surface area contributed by atoms with Crippen LogP contribution in [0.5, 0.6) is 11.5 Å². The van der Waals surface area contributed by atoms with E-state index >= 15 is 0 Å². The van der Waals surface area contributed by atoms with Crippen molar-refractivity contribution in [1.29, 1.82) is 0 Å². The molecule has 0 fully saturated rings. The van der Waals surface area contributed by atoms with E-state index in [1.54, 1.807) is 18.2 Å². The van der Waals surface area contributed by atoms with Gasteiger partial charge >= 0.3 is 5.97 Å². The third-order valence-electron chi connectivity index (χ3n) is 4.11. The van der Waals surface area contributed by atoms with Crippen LogP contribution in [0.1, 0.15) is 35.3 Å². The molecule has 0 atom stereocenters. The zero-order valence-electron chi connectivity index (χ0n) is 15.7. The molecule has 0 saturated heterocycles. The standard InChI is InChI=1S/C24H24O3/c1-18(2)15-20-10-6-7-14-23(20)26-17-19-9-8-11-21(16-19)24(25)27-22-12-4-3-5-13-22/h3-14,16,18H,15,17H2,1-2H3. The lowest BCUT2D eigenvalue weighted by molar-refractivity contribution is 0.0734. The van der Waals surface area contributed by atoms with Gasteiger partial charge in [-0.2, -0.15) is 0 Å². The van der Waals surface area contributed by atoms with Crippen molar-refractivity contribution in [3.63, 3.8) is 0 Å². The minimum Gasteiger partial charge on any atom is -0.489 e. The van der Waals surface area contributed by atoms with E-state index in [1.165, 1.54) is 5.56 Å². The van der Waals surface area contributed by atoms with Gasteiger partial charge in [0, 0.05) is 0 Å². The maximum atomic E-state index is 12.4. The van der Waals surface area contributed by atoms with Gasteiger partial charge in [-0.25, -0.2) is 4.79 Å². The lowest BCUT2D eigenvalue weighted by Crippen LogP contribution is -2.09. The van der Waals surface area contributed by atoms with Crippen molar-refractivity contribution in [2.75, 3.05) is 0 Å². The van der Waals surface area contributed by atoms with Crippen LogP contribution >= 0.6 is 0 Å². The van der Waals surface area contributed by atoms with E-state index in [0.717, 1.165) is 17.7 Å². The zero-order valence-corrected chi connectivity index (χ0v) is 15.7. The number of carbonyl (C=O) groups is 1. The molecule has 138 valence electrons. The van der Waals surface area contributed by atoms with Crippen LogP contribution in [0.15, 0.2) is 78.9 Å². The third kappa shape index (κ3) is 5.45. The van der Waals surface area contributed by atoms with Gasteiger partial charge < -0.3 is 9.47 Å². The van der Waals surface area contributed by atoms with Crippen molar-refractivity contribution < 1.29 is 14.3 Å². The SMILES string of the molecule is CC(C)Cc1ccccc1OCc1cccc(C(=O)Oc2ccccc2)c1. The Morgan fingerprint density at radius 3 is 2.41 bits per heavy atom. The van der Waals surface area contributed by atoms with Gasteiger partial charge in [-0.3, -0.25) is 0 Å². The van der Waals surface area contributed by atoms with Crippen LogP contribution in [0, 0.1) is 5.92 Å². The Bertz CT molecular complexity index is 885. The summed E-state index contributed by atoms with van der Waals surface area (Å²) in [7, 11) is 0. The van der Waals surface area contributed by atoms with E-state index in [2.05, 4.69) is 19.9 Å². The van der Waals surface area contributed by atoms with E-state index < -0.39 is 0 Å². The molecular weight excluding hydrogens is 336 g/mol. The Morgan fingerprint density at radius 1 is 0.889 bits per heavy atom. The maximum Gasteiger partial charge on any atom is 0.343 e. The molecule has 0 saturated carbocycles. The van der Waals surface area contributed by atoms with Gasteiger partial charge in [-0.05, 0) is 53.8 Å². The Hall–Kier alpha value is -3.07. The zero-order chi connectivity index (χ0) is 19.1. The van der Waals surface area contributed by atoms with Crippen LogP contribution in [0.3, 0.4) is 0 Å². The normalized spacial score (nSPS) is 10.6. The van der Waals surface area contributed by atoms with Gasteiger partial charge in [0.1, 0.15) is 18.1 Å². The summed E-state index contributed by atoms with van der Waals surface area (Å²) in [4.78, 5) is 12.4. The molecule has 0 aliphatic carbocycles. The van der Waals surface area contributed by atoms with E-state index in [9.17, 15) is 4.79 Å². The summed E-state index contributed by atoms with van der Waals surface area (Å²) in [6.07, 6.45) is 0.972. The first-order valence-corrected chi connectivity index (χ1v) is 9.18. The van der Waals surface area contributed by atoms with Gasteiger partial charge in [0.05, 0.1) is 5.56 Å². The quantitative estimate of drug-likeness (QED) is 0.401. The first-order valence-electron chi connectivity index (χ1n) is 9.18. The summed E-state index contributed by atoms with van der Waals surface area (Å²) in [6, 6.07) is 24.5. The summed E-state index contributed by atoms with van der Waals surface area (Å²) >= 11 is 0. The first kappa shape index (κ1) is 18.7. The molecule has 3 heteroatoms. The Balaban J connectivity index is 1.67. The minimum atomic E-state index is -0.372. The number of ether oxygens (including phenoxy) is 2. The molecular formula is C24H24O3. The minimum absolute atomic E-state index is 0.372. The number of para-hydroxylation sites is 2. The number of hydrogen-bond acceptors (Lipinski definition) is 3. The van der Waals surface area contributed by atoms with E-state index in [-0.39, 0.29) is 5.97 Å². The molecule has 3 aromatic carbocycles. The van der Waals surface area contributed by atoms with Crippen molar-refractivity contribution in [3.8, 4) is 11.5 Å². The van der Waals surface area contributed by atoms with Gasteiger partial charge in [0.15, 0.2) is 0 Å². The summed E-state index contributed by atoms with van der Waals surface area (Å²) in [5.74, 6) is 1.62. The highest BCUT2D eigenvalue weighted by molar-refractivity contribution is 5.91. The van der Waals surface area contributed by atoms with Crippen molar-refractivity contribution in [2.45, 2.75) is 26.9 Å². The summed E-state index contributed by atoms with van der Waals surface area (Å²) in [5, 5.41) is 0. The van der Waals surface area contributed by atoms with Crippen molar-refractivity contribution >= 4 is 5.97 Å². The molecule has 0 bridgehead atoms. The molecule has 27 heavy (non-hydrogen) atoms. The highest BCUT2D eigenvalue weighted by Crippen LogP contribution is 2.22. The highest BCUT2D eigenvalue weighted by Gasteiger charge is 2.10. The van der Waals surface area contributed by atoms with E-state index in [4.69, 9.17) is 9.47 Å². The van der Waals surface area contributed by atoms with Crippen LogP contribution < -0.4 is 9.47 Å². The Labute approximate surface area is 160 Å². The average Bonchev–Trinajstić information content (AvgIpc) is 2.68. The Morgan fingerprint density at radius 2 is 1.63 bits per heavy atom. The molecule has 0 amide bonds. The predicted octanol–water partition coefficient (Wildman–Crippen LogP) is 5.68. The largest absolute Gasteiger partial charge is 0.489 e. The summed E-state index contributed by atoms with van der Waals surface area (Å²) < 4.78 is 11.4. The van der Waals surface area contributed by atoms with Crippen LogP contribution in [0.25, 0.3) is 0 Å². The number of benzene rings is 3. The topological polar surface area (TPSA) is 35.5 Å². The fourth-order valence-corrected chi connectivity index (χ4v) is 2.86. The summed E-state index contributed by atoms with van der Waals surface area (Å²) in [5.41, 5.74) is 2.64. The third-order valence-corrected chi connectivity index (χ3v) is 4.11. The van der Waals surface area contributed by atoms with Crippen LogP contribution in [-0.2, 0) is 13.0 Å². The number of hydrogen-bond donors (Lipinski definition) is 0. The van der Waals surface area contributed by atoms with Crippen molar-refractivity contribution in [1.82, 2.24) is 0 Å². The molecule has 0 spiro atoms. The maximum absolute atomic E-state index is 12.4. The monoisotopic (exact) mass is 360 g/mol. The van der Waals surface area contributed by atoms with E-state index in [1.807, 2.05) is 54.6 Å². The van der Waals surface area contributed by atoms with Gasteiger partial charge in [0.25, 0.3) is 0 Å². The molecule has 0 unspecified atom stereocenters. The molecule has 0 aliphatic rings. The fourth-order valence-electron chi connectivity index (χ4n) is 2.86. The molecule has 3 aromatic rings. The smallest absolute Gasteiger partial charge is 0.343 e. The highest BCUT2D eigenvalue weighted by atomic mass is 16.5. The van der Waals surface area contributed by atoms with Gasteiger partial charge in [-0.1, -0.05) is 62.4 Å². The van der Waals surface area contributed by atoms with Gasteiger partial charge in [0.2, 0.25) is 0 Å². The molecule has 3 rings (SSSR count). The van der Waals surface area contributed by atoms with Crippen molar-refractivity contribution in [2.24, 2.45) is 5.92 Å². The second-order valence-electron chi connectivity index (χ2n) is 6.90. The Kier molecular flexibility index (Phi) is 6.26. The molecule has 0 N–H and O–H groups in total. The van der Waals surface area contributed by atoms with Crippen LogP contribution in [0.2, 0.25) is 0 Å².